The van der Waals surface area contributed by atoms with E-state index in [0.717, 1.165) is 5.56 Å². The quantitative estimate of drug-likeness (QED) is 0.742. The van der Waals surface area contributed by atoms with Gasteiger partial charge in [-0.25, -0.2) is 4.68 Å². The molecule has 1 aromatic heterocycles. The number of rotatable bonds is 3. The number of halogens is 3. The van der Waals surface area contributed by atoms with E-state index in [1.54, 1.807) is 29.1 Å². The SMILES string of the molecule is Nc1cccc(-c2ccn(-c3ccc(OC(F)(F)F)cc3)n2)c1. The van der Waals surface area contributed by atoms with Gasteiger partial charge in [0.2, 0.25) is 0 Å². The Bertz CT molecular complexity index is 810. The molecule has 118 valence electrons. The Morgan fingerprint density at radius 2 is 1.74 bits per heavy atom. The van der Waals surface area contributed by atoms with Gasteiger partial charge in [0.25, 0.3) is 0 Å². The maximum absolute atomic E-state index is 12.1. The van der Waals surface area contributed by atoms with E-state index in [-0.39, 0.29) is 5.75 Å². The Labute approximate surface area is 129 Å². The summed E-state index contributed by atoms with van der Waals surface area (Å²) >= 11 is 0. The zero-order valence-corrected chi connectivity index (χ0v) is 11.8. The van der Waals surface area contributed by atoms with E-state index in [1.807, 2.05) is 12.1 Å². The molecule has 0 saturated carbocycles. The summed E-state index contributed by atoms with van der Waals surface area (Å²) < 4.78 is 41.8. The summed E-state index contributed by atoms with van der Waals surface area (Å²) in [5.41, 5.74) is 8.57. The fourth-order valence-electron chi connectivity index (χ4n) is 2.12. The normalized spacial score (nSPS) is 11.4. The van der Waals surface area contributed by atoms with Gasteiger partial charge in [0.1, 0.15) is 5.75 Å². The molecule has 4 nitrogen and oxygen atoms in total. The molecule has 0 bridgehead atoms. The number of benzene rings is 2. The van der Waals surface area contributed by atoms with Crippen molar-refractivity contribution >= 4 is 5.69 Å². The molecule has 0 fully saturated rings. The van der Waals surface area contributed by atoms with Crippen LogP contribution in [0, 0.1) is 0 Å². The molecule has 0 spiro atoms. The Morgan fingerprint density at radius 3 is 2.39 bits per heavy atom. The molecule has 0 saturated heterocycles. The lowest BCUT2D eigenvalue weighted by Crippen LogP contribution is -2.17. The summed E-state index contributed by atoms with van der Waals surface area (Å²) in [5, 5.41) is 4.39. The molecule has 23 heavy (non-hydrogen) atoms. The van der Waals surface area contributed by atoms with Gasteiger partial charge in [-0.15, -0.1) is 13.2 Å². The van der Waals surface area contributed by atoms with Crippen molar-refractivity contribution in [3.8, 4) is 22.7 Å². The lowest BCUT2D eigenvalue weighted by molar-refractivity contribution is -0.274. The van der Waals surface area contributed by atoms with Gasteiger partial charge in [-0.1, -0.05) is 12.1 Å². The zero-order chi connectivity index (χ0) is 16.4. The third kappa shape index (κ3) is 3.63. The highest BCUT2D eigenvalue weighted by molar-refractivity contribution is 5.63. The fraction of sp³-hybridized carbons (Fsp3) is 0.0625. The second kappa shape index (κ2) is 5.68. The molecule has 0 amide bonds. The minimum Gasteiger partial charge on any atom is -0.406 e. The Hall–Kier alpha value is -2.96. The van der Waals surface area contributed by atoms with Crippen LogP contribution in [0.2, 0.25) is 0 Å². The molecular weight excluding hydrogens is 307 g/mol. The van der Waals surface area contributed by atoms with Gasteiger partial charge in [-0.05, 0) is 42.5 Å². The van der Waals surface area contributed by atoms with Crippen molar-refractivity contribution in [2.75, 3.05) is 5.73 Å². The summed E-state index contributed by atoms with van der Waals surface area (Å²) in [6.45, 7) is 0. The van der Waals surface area contributed by atoms with Crippen LogP contribution in [0.4, 0.5) is 18.9 Å². The molecule has 0 radical (unpaired) electrons. The zero-order valence-electron chi connectivity index (χ0n) is 11.8. The summed E-state index contributed by atoms with van der Waals surface area (Å²) in [5.74, 6) is -0.274. The molecule has 2 N–H and O–H groups in total. The lowest BCUT2D eigenvalue weighted by atomic mass is 10.1. The van der Waals surface area contributed by atoms with E-state index < -0.39 is 6.36 Å². The first-order chi connectivity index (χ1) is 10.9. The molecule has 2 aromatic carbocycles. The fourth-order valence-corrected chi connectivity index (χ4v) is 2.12. The number of nitrogens with zero attached hydrogens (tertiary/aromatic N) is 2. The van der Waals surface area contributed by atoms with Crippen molar-refractivity contribution in [3.05, 3.63) is 60.8 Å². The number of hydrogen-bond acceptors (Lipinski definition) is 3. The van der Waals surface area contributed by atoms with Crippen LogP contribution in [-0.4, -0.2) is 16.1 Å². The van der Waals surface area contributed by atoms with Gasteiger partial charge in [-0.2, -0.15) is 5.10 Å². The van der Waals surface area contributed by atoms with Gasteiger partial charge in [-0.3, -0.25) is 0 Å². The van der Waals surface area contributed by atoms with E-state index in [0.29, 0.717) is 17.1 Å². The Morgan fingerprint density at radius 1 is 1.00 bits per heavy atom. The first kappa shape index (κ1) is 15.0. The van der Waals surface area contributed by atoms with Crippen LogP contribution in [0.15, 0.2) is 60.8 Å². The number of hydrogen-bond donors (Lipinski definition) is 1. The molecule has 0 aliphatic carbocycles. The van der Waals surface area contributed by atoms with Crippen molar-refractivity contribution in [2.24, 2.45) is 0 Å². The highest BCUT2D eigenvalue weighted by atomic mass is 19.4. The maximum Gasteiger partial charge on any atom is 0.573 e. The standard InChI is InChI=1S/C16H12F3N3O/c17-16(18,19)23-14-6-4-13(5-7-14)22-9-8-15(21-22)11-2-1-3-12(20)10-11/h1-10H,20H2. The van der Waals surface area contributed by atoms with Crippen molar-refractivity contribution in [2.45, 2.75) is 6.36 Å². The second-order valence-corrected chi connectivity index (χ2v) is 4.81. The number of nitrogen functional groups attached to an aromatic ring is 1. The van der Waals surface area contributed by atoms with Crippen LogP contribution < -0.4 is 10.5 Å². The topological polar surface area (TPSA) is 53.1 Å². The molecular formula is C16H12F3N3O. The monoisotopic (exact) mass is 319 g/mol. The second-order valence-electron chi connectivity index (χ2n) is 4.81. The molecule has 3 rings (SSSR count). The molecule has 7 heteroatoms. The molecule has 1 heterocycles. The van der Waals surface area contributed by atoms with E-state index in [2.05, 4.69) is 9.84 Å². The van der Waals surface area contributed by atoms with Crippen LogP contribution in [0.5, 0.6) is 5.75 Å². The van der Waals surface area contributed by atoms with Gasteiger partial charge in [0, 0.05) is 17.4 Å². The highest BCUT2D eigenvalue weighted by Gasteiger charge is 2.30. The third-order valence-corrected chi connectivity index (χ3v) is 3.11. The largest absolute Gasteiger partial charge is 0.573 e. The molecule has 0 unspecified atom stereocenters. The first-order valence-corrected chi connectivity index (χ1v) is 6.68. The van der Waals surface area contributed by atoms with Gasteiger partial charge < -0.3 is 10.5 Å². The minimum absolute atomic E-state index is 0.274. The minimum atomic E-state index is -4.70. The van der Waals surface area contributed by atoms with Gasteiger partial charge in [0.15, 0.2) is 0 Å². The van der Waals surface area contributed by atoms with E-state index in [9.17, 15) is 13.2 Å². The number of ether oxygens (including phenoxy) is 1. The summed E-state index contributed by atoms with van der Waals surface area (Å²) in [6, 6.07) is 14.6. The van der Waals surface area contributed by atoms with Crippen molar-refractivity contribution in [1.29, 1.82) is 0 Å². The maximum atomic E-state index is 12.1. The number of anilines is 1. The van der Waals surface area contributed by atoms with Gasteiger partial charge >= 0.3 is 6.36 Å². The summed E-state index contributed by atoms with van der Waals surface area (Å²) in [4.78, 5) is 0. The molecule has 0 aliphatic heterocycles. The first-order valence-electron chi connectivity index (χ1n) is 6.68. The Balaban J connectivity index is 1.83. The predicted molar refractivity (Wildman–Crippen MR) is 80.1 cm³/mol. The highest BCUT2D eigenvalue weighted by Crippen LogP contribution is 2.24. The number of nitrogens with two attached hydrogens (primary N) is 1. The molecule has 3 aromatic rings. The summed E-state index contributed by atoms with van der Waals surface area (Å²) in [6.07, 6.45) is -2.98. The van der Waals surface area contributed by atoms with Crippen LogP contribution in [0.1, 0.15) is 0 Å². The number of aromatic nitrogens is 2. The van der Waals surface area contributed by atoms with E-state index in [4.69, 9.17) is 5.73 Å². The van der Waals surface area contributed by atoms with Crippen LogP contribution in [0.25, 0.3) is 16.9 Å². The third-order valence-electron chi connectivity index (χ3n) is 3.11. The lowest BCUT2D eigenvalue weighted by Gasteiger charge is -2.09. The van der Waals surface area contributed by atoms with Crippen LogP contribution in [0.3, 0.4) is 0 Å². The molecule has 0 aliphatic rings. The van der Waals surface area contributed by atoms with Crippen LogP contribution >= 0.6 is 0 Å². The van der Waals surface area contributed by atoms with Crippen molar-refractivity contribution < 1.29 is 17.9 Å². The predicted octanol–water partition coefficient (Wildman–Crippen LogP) is 4.02. The molecule has 0 atom stereocenters. The van der Waals surface area contributed by atoms with E-state index >= 15 is 0 Å². The van der Waals surface area contributed by atoms with Crippen molar-refractivity contribution in [1.82, 2.24) is 9.78 Å². The van der Waals surface area contributed by atoms with Crippen molar-refractivity contribution in [3.63, 3.8) is 0 Å². The van der Waals surface area contributed by atoms with E-state index in [1.165, 1.54) is 24.3 Å². The average Bonchev–Trinajstić information content (AvgIpc) is 2.96. The summed E-state index contributed by atoms with van der Waals surface area (Å²) in [7, 11) is 0. The van der Waals surface area contributed by atoms with Crippen LogP contribution in [-0.2, 0) is 0 Å². The Kier molecular flexibility index (Phi) is 3.69. The van der Waals surface area contributed by atoms with Gasteiger partial charge in [0.05, 0.1) is 11.4 Å². The number of alkyl halides is 3. The smallest absolute Gasteiger partial charge is 0.406 e. The average molecular weight is 319 g/mol.